The molecule has 1 aromatic rings. The van der Waals surface area contributed by atoms with Crippen molar-refractivity contribution in [3.05, 3.63) is 29.6 Å². The Morgan fingerprint density at radius 3 is 2.76 bits per heavy atom. The minimum Gasteiger partial charge on any atom is -0.316 e. The van der Waals surface area contributed by atoms with Gasteiger partial charge in [-0.1, -0.05) is 32.8 Å². The Balaban J connectivity index is 1.91. The summed E-state index contributed by atoms with van der Waals surface area (Å²) in [7, 11) is 2.17. The van der Waals surface area contributed by atoms with Gasteiger partial charge in [-0.25, -0.2) is 0 Å². The predicted octanol–water partition coefficient (Wildman–Crippen LogP) is 4.31. The van der Waals surface area contributed by atoms with Crippen molar-refractivity contribution in [1.82, 2.24) is 10.3 Å². The van der Waals surface area contributed by atoms with E-state index in [2.05, 4.69) is 38.3 Å². The molecule has 0 aliphatic heterocycles. The van der Waals surface area contributed by atoms with Crippen molar-refractivity contribution >= 4 is 0 Å². The summed E-state index contributed by atoms with van der Waals surface area (Å²) in [5.74, 6) is 1.40. The van der Waals surface area contributed by atoms with E-state index in [1.54, 1.807) is 0 Å². The van der Waals surface area contributed by atoms with Crippen LogP contribution in [0.5, 0.6) is 0 Å². The summed E-state index contributed by atoms with van der Waals surface area (Å²) in [5.41, 5.74) is 3.36. The summed E-state index contributed by atoms with van der Waals surface area (Å²) in [6, 6.07) is 4.96. The van der Waals surface area contributed by atoms with Crippen LogP contribution in [0.2, 0.25) is 0 Å². The number of hydrogen-bond acceptors (Lipinski definition) is 2. The van der Waals surface area contributed by atoms with E-state index in [0.717, 1.165) is 5.92 Å². The fourth-order valence-corrected chi connectivity index (χ4v) is 5.24. The van der Waals surface area contributed by atoms with Crippen LogP contribution in [0.1, 0.15) is 69.5 Å². The first kappa shape index (κ1) is 15.0. The first-order valence-corrected chi connectivity index (χ1v) is 8.77. The summed E-state index contributed by atoms with van der Waals surface area (Å²) in [6.45, 7) is 4.77. The number of nitrogens with one attached hydrogen (secondary N) is 1. The molecule has 3 rings (SSSR count). The molecule has 2 nitrogen and oxygen atoms in total. The quantitative estimate of drug-likeness (QED) is 0.872. The zero-order valence-corrected chi connectivity index (χ0v) is 13.9. The van der Waals surface area contributed by atoms with Gasteiger partial charge in [0, 0.05) is 23.9 Å². The zero-order chi connectivity index (χ0) is 14.9. The minimum atomic E-state index is 0.493. The van der Waals surface area contributed by atoms with Crippen LogP contribution in [-0.2, 0) is 6.42 Å². The van der Waals surface area contributed by atoms with Crippen molar-refractivity contribution in [3.8, 4) is 0 Å². The van der Waals surface area contributed by atoms with Crippen molar-refractivity contribution < 1.29 is 0 Å². The fraction of sp³-hybridized carbons (Fsp3) is 0.737. The molecule has 2 aliphatic rings. The van der Waals surface area contributed by atoms with Crippen LogP contribution in [-0.4, -0.2) is 18.1 Å². The molecule has 0 saturated heterocycles. The third-order valence-electron chi connectivity index (χ3n) is 5.79. The number of aromatic nitrogens is 1. The van der Waals surface area contributed by atoms with Crippen LogP contribution in [0.4, 0.5) is 0 Å². The molecule has 1 N–H and O–H groups in total. The van der Waals surface area contributed by atoms with E-state index in [4.69, 9.17) is 4.98 Å². The van der Waals surface area contributed by atoms with E-state index in [1.807, 2.05) is 6.20 Å². The predicted molar refractivity (Wildman–Crippen MR) is 88.5 cm³/mol. The zero-order valence-electron chi connectivity index (χ0n) is 13.9. The molecule has 21 heavy (non-hydrogen) atoms. The Morgan fingerprint density at radius 1 is 1.33 bits per heavy atom. The summed E-state index contributed by atoms with van der Waals surface area (Å²) in [6.07, 6.45) is 11.4. The molecule has 2 heteroatoms. The maximum atomic E-state index is 4.75. The first-order chi connectivity index (χ1) is 10.2. The third kappa shape index (κ3) is 2.75. The molecule has 116 valence electrons. The van der Waals surface area contributed by atoms with Gasteiger partial charge in [-0.05, 0) is 62.1 Å². The van der Waals surface area contributed by atoms with Crippen molar-refractivity contribution in [2.45, 2.75) is 70.8 Å². The first-order valence-electron chi connectivity index (χ1n) is 8.77. The number of likely N-dealkylation sites (N-methyl/N-ethyl adjacent to an activating group) is 1. The molecule has 1 fully saturated rings. The lowest BCUT2D eigenvalue weighted by Crippen LogP contribution is -2.46. The van der Waals surface area contributed by atoms with E-state index in [-0.39, 0.29) is 0 Å². The SMILES string of the molecule is CNC(C1CCc2cccnc21)C1(CC(C)C)CCCC1. The Bertz CT molecular complexity index is 474. The largest absolute Gasteiger partial charge is 0.316 e. The Morgan fingerprint density at radius 2 is 2.10 bits per heavy atom. The molecule has 1 saturated carbocycles. The average molecular weight is 286 g/mol. The standard InChI is InChI=1S/C19H30N2/c1-14(2)13-19(10-4-5-11-19)18(20-3)16-9-8-15-7-6-12-21-17(15)16/h6-7,12,14,16,18,20H,4-5,8-11,13H2,1-3H3. The molecule has 0 bridgehead atoms. The maximum Gasteiger partial charge on any atom is 0.0482 e. The van der Waals surface area contributed by atoms with Crippen molar-refractivity contribution in [2.75, 3.05) is 7.05 Å². The van der Waals surface area contributed by atoms with E-state index in [9.17, 15) is 0 Å². The average Bonchev–Trinajstić information content (AvgIpc) is 3.08. The normalized spacial score (nSPS) is 25.2. The minimum absolute atomic E-state index is 0.493. The molecular formula is C19H30N2. The Hall–Kier alpha value is -0.890. The van der Waals surface area contributed by atoms with Gasteiger partial charge in [0.15, 0.2) is 0 Å². The summed E-state index contributed by atoms with van der Waals surface area (Å²) in [5, 5.41) is 3.73. The van der Waals surface area contributed by atoms with Gasteiger partial charge >= 0.3 is 0 Å². The highest BCUT2D eigenvalue weighted by molar-refractivity contribution is 5.31. The number of hydrogen-bond donors (Lipinski definition) is 1. The van der Waals surface area contributed by atoms with Crippen molar-refractivity contribution in [3.63, 3.8) is 0 Å². The van der Waals surface area contributed by atoms with Gasteiger partial charge in [-0.15, -0.1) is 0 Å². The molecule has 0 aromatic carbocycles. The monoisotopic (exact) mass is 286 g/mol. The highest BCUT2D eigenvalue weighted by Crippen LogP contribution is 2.51. The van der Waals surface area contributed by atoms with Gasteiger partial charge in [0.2, 0.25) is 0 Å². The van der Waals surface area contributed by atoms with Crippen LogP contribution < -0.4 is 5.32 Å². The Kier molecular flexibility index (Phi) is 4.35. The number of rotatable bonds is 5. The molecule has 1 aromatic heterocycles. The van der Waals surface area contributed by atoms with Crippen molar-refractivity contribution in [2.24, 2.45) is 11.3 Å². The molecule has 0 spiro atoms. The van der Waals surface area contributed by atoms with Gasteiger partial charge in [0.05, 0.1) is 0 Å². The second kappa shape index (κ2) is 6.08. The van der Waals surface area contributed by atoms with Crippen LogP contribution >= 0.6 is 0 Å². The lowest BCUT2D eigenvalue weighted by atomic mass is 9.68. The summed E-state index contributed by atoms with van der Waals surface area (Å²) >= 11 is 0. The smallest absolute Gasteiger partial charge is 0.0482 e. The molecular weight excluding hydrogens is 256 g/mol. The molecule has 1 heterocycles. The van der Waals surface area contributed by atoms with E-state index >= 15 is 0 Å². The van der Waals surface area contributed by atoms with E-state index < -0.39 is 0 Å². The fourth-order valence-electron chi connectivity index (χ4n) is 5.24. The maximum absolute atomic E-state index is 4.75. The van der Waals surface area contributed by atoms with Crippen LogP contribution in [0.3, 0.4) is 0 Å². The van der Waals surface area contributed by atoms with Crippen LogP contribution in [0, 0.1) is 11.3 Å². The summed E-state index contributed by atoms with van der Waals surface area (Å²) < 4.78 is 0. The van der Waals surface area contributed by atoms with Gasteiger partial charge in [0.1, 0.15) is 0 Å². The molecule has 2 aliphatic carbocycles. The van der Waals surface area contributed by atoms with Crippen LogP contribution in [0.25, 0.3) is 0 Å². The van der Waals surface area contributed by atoms with Crippen LogP contribution in [0.15, 0.2) is 18.3 Å². The second-order valence-corrected chi connectivity index (χ2v) is 7.63. The van der Waals surface area contributed by atoms with E-state index in [1.165, 1.54) is 56.2 Å². The van der Waals surface area contributed by atoms with Gasteiger partial charge in [-0.2, -0.15) is 0 Å². The highest BCUT2D eigenvalue weighted by Gasteiger charge is 2.46. The molecule has 0 radical (unpaired) electrons. The Labute approximate surface area is 129 Å². The van der Waals surface area contributed by atoms with Gasteiger partial charge in [0.25, 0.3) is 0 Å². The molecule has 0 amide bonds. The number of aryl methyl sites for hydroxylation is 1. The topological polar surface area (TPSA) is 24.9 Å². The lowest BCUT2D eigenvalue weighted by Gasteiger charge is -2.42. The van der Waals surface area contributed by atoms with E-state index in [0.29, 0.717) is 17.4 Å². The number of nitrogens with zero attached hydrogens (tertiary/aromatic N) is 1. The lowest BCUT2D eigenvalue weighted by molar-refractivity contribution is 0.138. The number of pyridine rings is 1. The molecule has 2 unspecified atom stereocenters. The van der Waals surface area contributed by atoms with Gasteiger partial charge in [-0.3, -0.25) is 4.98 Å². The number of fused-ring (bicyclic) bond motifs is 1. The molecule has 2 atom stereocenters. The highest BCUT2D eigenvalue weighted by atomic mass is 14.9. The van der Waals surface area contributed by atoms with Gasteiger partial charge < -0.3 is 5.32 Å². The second-order valence-electron chi connectivity index (χ2n) is 7.63. The van der Waals surface area contributed by atoms with Crippen molar-refractivity contribution in [1.29, 1.82) is 0 Å². The third-order valence-corrected chi connectivity index (χ3v) is 5.79. The summed E-state index contributed by atoms with van der Waals surface area (Å²) in [4.78, 5) is 4.75.